The first-order chi connectivity index (χ1) is 11.4. The first-order valence-corrected chi connectivity index (χ1v) is 7.75. The summed E-state index contributed by atoms with van der Waals surface area (Å²) in [6.07, 6.45) is -0.177. The molecular formula is C15H15N3O5S. The van der Waals surface area contributed by atoms with Gasteiger partial charge in [0.05, 0.1) is 12.1 Å². The lowest BCUT2D eigenvalue weighted by Gasteiger charge is -2.17. The van der Waals surface area contributed by atoms with Crippen LogP contribution in [0.5, 0.6) is 0 Å². The minimum absolute atomic E-state index is 0.177. The molecule has 0 radical (unpaired) electrons. The van der Waals surface area contributed by atoms with Crippen molar-refractivity contribution in [1.29, 1.82) is 0 Å². The van der Waals surface area contributed by atoms with E-state index in [4.69, 9.17) is 15.9 Å². The molecule has 2 aromatic rings. The fourth-order valence-electron chi connectivity index (χ4n) is 2.03. The van der Waals surface area contributed by atoms with E-state index < -0.39 is 30.9 Å². The topological polar surface area (TPSA) is 134 Å². The van der Waals surface area contributed by atoms with Crippen molar-refractivity contribution in [2.24, 2.45) is 0 Å². The number of nitrogen functional groups attached to an aromatic ring is 1. The van der Waals surface area contributed by atoms with Gasteiger partial charge in [0.25, 0.3) is 0 Å². The monoisotopic (exact) mass is 349 g/mol. The molecule has 126 valence electrons. The predicted molar refractivity (Wildman–Crippen MR) is 87.5 cm³/mol. The van der Waals surface area contributed by atoms with E-state index in [1.165, 1.54) is 11.3 Å². The molecule has 0 atom stereocenters. The van der Waals surface area contributed by atoms with Crippen LogP contribution in [0.4, 0.5) is 5.69 Å². The zero-order chi connectivity index (χ0) is 17.7. The Morgan fingerprint density at radius 1 is 1.12 bits per heavy atom. The number of nitrogens with zero attached hydrogens (tertiary/aromatic N) is 2. The number of carbonyl (C=O) groups excluding carboxylic acids is 1. The second-order valence-electron chi connectivity index (χ2n) is 4.95. The SMILES string of the molecule is Nc1ccccc1-c1nc(CC(=O)N(CC(=O)O)CC(=O)O)cs1. The number of carboxylic acid groups (broad SMARTS) is 2. The van der Waals surface area contributed by atoms with Crippen molar-refractivity contribution in [3.63, 3.8) is 0 Å². The maximum absolute atomic E-state index is 12.1. The Balaban J connectivity index is 2.12. The molecule has 0 aliphatic rings. The smallest absolute Gasteiger partial charge is 0.323 e. The number of rotatable bonds is 7. The van der Waals surface area contributed by atoms with Gasteiger partial charge in [-0.3, -0.25) is 14.4 Å². The molecule has 0 fully saturated rings. The van der Waals surface area contributed by atoms with Gasteiger partial charge in [-0.15, -0.1) is 11.3 Å². The van der Waals surface area contributed by atoms with Gasteiger partial charge in [-0.25, -0.2) is 4.98 Å². The molecule has 1 amide bonds. The first-order valence-electron chi connectivity index (χ1n) is 6.87. The molecule has 1 aromatic carbocycles. The summed E-state index contributed by atoms with van der Waals surface area (Å²) in [5.41, 5.74) is 7.62. The molecule has 1 heterocycles. The Morgan fingerprint density at radius 3 is 2.33 bits per heavy atom. The number of aliphatic carboxylic acids is 2. The summed E-state index contributed by atoms with van der Waals surface area (Å²) in [4.78, 5) is 38.7. The molecule has 24 heavy (non-hydrogen) atoms. The second-order valence-corrected chi connectivity index (χ2v) is 5.80. The number of hydrogen-bond acceptors (Lipinski definition) is 6. The van der Waals surface area contributed by atoms with Crippen molar-refractivity contribution in [3.8, 4) is 10.6 Å². The molecular weight excluding hydrogens is 334 g/mol. The highest BCUT2D eigenvalue weighted by Gasteiger charge is 2.21. The molecule has 9 heteroatoms. The van der Waals surface area contributed by atoms with Crippen LogP contribution in [0.2, 0.25) is 0 Å². The van der Waals surface area contributed by atoms with Gasteiger partial charge < -0.3 is 20.8 Å². The van der Waals surface area contributed by atoms with Crippen molar-refractivity contribution in [2.45, 2.75) is 6.42 Å². The maximum atomic E-state index is 12.1. The van der Waals surface area contributed by atoms with Gasteiger partial charge in [0.1, 0.15) is 18.1 Å². The number of hydrogen-bond donors (Lipinski definition) is 3. The summed E-state index contributed by atoms with van der Waals surface area (Å²) in [6, 6.07) is 7.16. The van der Waals surface area contributed by atoms with Crippen LogP contribution < -0.4 is 5.73 Å². The van der Waals surface area contributed by atoms with Crippen LogP contribution in [-0.4, -0.2) is 51.0 Å². The number of carboxylic acids is 2. The lowest BCUT2D eigenvalue weighted by Crippen LogP contribution is -2.40. The lowest BCUT2D eigenvalue weighted by atomic mass is 10.2. The summed E-state index contributed by atoms with van der Waals surface area (Å²) in [6.45, 7) is -1.35. The molecule has 0 saturated heterocycles. The molecule has 0 saturated carbocycles. The van der Waals surface area contributed by atoms with Crippen molar-refractivity contribution in [2.75, 3.05) is 18.8 Å². The van der Waals surface area contributed by atoms with E-state index >= 15 is 0 Å². The number of carbonyl (C=O) groups is 3. The Kier molecular flexibility index (Phi) is 5.48. The summed E-state index contributed by atoms with van der Waals surface area (Å²) < 4.78 is 0. The maximum Gasteiger partial charge on any atom is 0.323 e. The summed E-state index contributed by atoms with van der Waals surface area (Å²) in [7, 11) is 0. The van der Waals surface area contributed by atoms with Crippen LogP contribution in [0.25, 0.3) is 10.6 Å². The highest BCUT2D eigenvalue weighted by atomic mass is 32.1. The summed E-state index contributed by atoms with van der Waals surface area (Å²) in [5.74, 6) is -3.17. The van der Waals surface area contributed by atoms with Crippen LogP contribution in [0.1, 0.15) is 5.69 Å². The fraction of sp³-hybridized carbons (Fsp3) is 0.200. The molecule has 0 spiro atoms. The van der Waals surface area contributed by atoms with Crippen molar-refractivity contribution >= 4 is 34.9 Å². The number of thiazole rings is 1. The normalized spacial score (nSPS) is 10.3. The Bertz CT molecular complexity index is 758. The predicted octanol–water partition coefficient (Wildman–Crippen LogP) is 0.933. The van der Waals surface area contributed by atoms with E-state index in [9.17, 15) is 14.4 Å². The van der Waals surface area contributed by atoms with Crippen LogP contribution in [0, 0.1) is 0 Å². The van der Waals surface area contributed by atoms with Crippen LogP contribution in [0.15, 0.2) is 29.6 Å². The van der Waals surface area contributed by atoms with Gasteiger partial charge in [-0.1, -0.05) is 12.1 Å². The van der Waals surface area contributed by atoms with Crippen molar-refractivity contribution in [3.05, 3.63) is 35.3 Å². The Morgan fingerprint density at radius 2 is 1.75 bits per heavy atom. The minimum Gasteiger partial charge on any atom is -0.480 e. The number of anilines is 1. The van der Waals surface area contributed by atoms with Gasteiger partial charge in [-0.05, 0) is 12.1 Å². The number of benzene rings is 1. The highest BCUT2D eigenvalue weighted by molar-refractivity contribution is 7.13. The third-order valence-electron chi connectivity index (χ3n) is 3.08. The number of para-hydroxylation sites is 1. The van der Waals surface area contributed by atoms with Gasteiger partial charge >= 0.3 is 11.9 Å². The summed E-state index contributed by atoms with van der Waals surface area (Å²) >= 11 is 1.30. The van der Waals surface area contributed by atoms with Gasteiger partial charge in [0.2, 0.25) is 5.91 Å². The molecule has 8 nitrogen and oxygen atoms in total. The molecule has 4 N–H and O–H groups in total. The van der Waals surface area contributed by atoms with E-state index in [-0.39, 0.29) is 6.42 Å². The molecule has 1 aromatic heterocycles. The van der Waals surface area contributed by atoms with Crippen LogP contribution in [-0.2, 0) is 20.8 Å². The van der Waals surface area contributed by atoms with E-state index in [0.29, 0.717) is 16.4 Å². The van der Waals surface area contributed by atoms with Crippen LogP contribution in [0.3, 0.4) is 0 Å². The molecule has 0 unspecified atom stereocenters. The standard InChI is InChI=1S/C15H15N3O5S/c16-11-4-2-1-3-10(11)15-17-9(8-24-15)5-12(19)18(6-13(20)21)7-14(22)23/h1-4,8H,5-7,16H2,(H,20,21)(H,22,23). The third kappa shape index (κ3) is 4.53. The number of aromatic nitrogens is 1. The van der Waals surface area contributed by atoms with Gasteiger partial charge in [0, 0.05) is 16.6 Å². The Hall–Kier alpha value is -2.94. The quantitative estimate of drug-likeness (QED) is 0.633. The molecule has 2 rings (SSSR count). The lowest BCUT2D eigenvalue weighted by molar-refractivity contribution is -0.149. The third-order valence-corrected chi connectivity index (χ3v) is 4.00. The molecule has 0 aliphatic heterocycles. The van der Waals surface area contributed by atoms with E-state index in [1.807, 2.05) is 6.07 Å². The summed E-state index contributed by atoms with van der Waals surface area (Å²) in [5, 5.41) is 19.9. The van der Waals surface area contributed by atoms with E-state index in [2.05, 4.69) is 4.98 Å². The zero-order valence-electron chi connectivity index (χ0n) is 12.5. The number of amides is 1. The van der Waals surface area contributed by atoms with E-state index in [1.54, 1.807) is 23.6 Å². The Labute approximate surface area is 141 Å². The average molecular weight is 349 g/mol. The van der Waals surface area contributed by atoms with Gasteiger partial charge in [-0.2, -0.15) is 0 Å². The van der Waals surface area contributed by atoms with E-state index in [0.717, 1.165) is 10.5 Å². The molecule has 0 aliphatic carbocycles. The number of nitrogens with two attached hydrogens (primary N) is 1. The minimum atomic E-state index is -1.28. The first kappa shape index (κ1) is 17.4. The fourth-order valence-corrected chi connectivity index (χ4v) is 2.90. The average Bonchev–Trinajstić information content (AvgIpc) is 2.94. The second kappa shape index (κ2) is 7.55. The van der Waals surface area contributed by atoms with Crippen molar-refractivity contribution < 1.29 is 24.6 Å². The van der Waals surface area contributed by atoms with Crippen molar-refractivity contribution in [1.82, 2.24) is 9.88 Å². The largest absolute Gasteiger partial charge is 0.480 e. The highest BCUT2D eigenvalue weighted by Crippen LogP contribution is 2.28. The zero-order valence-corrected chi connectivity index (χ0v) is 13.3. The van der Waals surface area contributed by atoms with Crippen LogP contribution >= 0.6 is 11.3 Å². The molecule has 0 bridgehead atoms. The van der Waals surface area contributed by atoms with Gasteiger partial charge in [0.15, 0.2) is 0 Å².